The maximum atomic E-state index is 9.64. The molecule has 0 radical (unpaired) electrons. The average molecular weight is 222 g/mol. The number of hydrogen-bond donors (Lipinski definition) is 1. The molecule has 0 aromatic heterocycles. The molecule has 0 bridgehead atoms. The summed E-state index contributed by atoms with van der Waals surface area (Å²) in [4.78, 5) is 6.20. The summed E-state index contributed by atoms with van der Waals surface area (Å²) in [5.41, 5.74) is 1.82. The Labute approximate surface area is 96.2 Å². The largest absolute Gasteiger partial charge is 0.504 e. The predicted octanol–water partition coefficient (Wildman–Crippen LogP) is 2.18. The highest BCUT2D eigenvalue weighted by Crippen LogP contribution is 2.34. The second-order valence-corrected chi connectivity index (χ2v) is 3.71. The van der Waals surface area contributed by atoms with Gasteiger partial charge in [-0.3, -0.25) is 0 Å². The van der Waals surface area contributed by atoms with Crippen LogP contribution >= 0.6 is 0 Å². The Bertz CT molecular complexity index is 387. The molecule has 1 rings (SSSR count). The molecule has 1 aromatic carbocycles. The van der Waals surface area contributed by atoms with E-state index in [1.807, 2.05) is 25.9 Å². The van der Waals surface area contributed by atoms with Gasteiger partial charge in [-0.15, -0.1) is 0 Å². The van der Waals surface area contributed by atoms with Gasteiger partial charge in [0.2, 0.25) is 0 Å². The van der Waals surface area contributed by atoms with Crippen LogP contribution < -0.4 is 4.74 Å². The van der Waals surface area contributed by atoms with E-state index < -0.39 is 0 Å². The zero-order valence-corrected chi connectivity index (χ0v) is 10.2. The van der Waals surface area contributed by atoms with Gasteiger partial charge in [0.25, 0.3) is 0 Å². The maximum Gasteiger partial charge on any atom is 0.162 e. The van der Waals surface area contributed by atoms with Gasteiger partial charge in [-0.1, -0.05) is 6.92 Å². The lowest BCUT2D eigenvalue weighted by Gasteiger charge is -2.09. The zero-order chi connectivity index (χ0) is 12.1. The lowest BCUT2D eigenvalue weighted by atomic mass is 10.1. The Hall–Kier alpha value is -1.71. The van der Waals surface area contributed by atoms with Gasteiger partial charge in [0.1, 0.15) is 0 Å². The number of phenols is 1. The van der Waals surface area contributed by atoms with Crippen molar-refractivity contribution in [3.8, 4) is 11.5 Å². The second kappa shape index (κ2) is 5.39. The molecule has 0 saturated carbocycles. The van der Waals surface area contributed by atoms with Crippen molar-refractivity contribution in [2.75, 3.05) is 21.2 Å². The van der Waals surface area contributed by atoms with Gasteiger partial charge >= 0.3 is 0 Å². The first kappa shape index (κ1) is 12.4. The molecule has 0 unspecified atom stereocenters. The first-order valence-electron chi connectivity index (χ1n) is 5.19. The molecular formula is C12H18N2O2. The molecule has 0 aliphatic heterocycles. The van der Waals surface area contributed by atoms with Crippen molar-refractivity contribution < 1.29 is 9.84 Å². The lowest BCUT2D eigenvalue weighted by Crippen LogP contribution is -2.07. The number of phenolic OH excluding ortho intramolecular Hbond substituents is 1. The molecule has 0 aliphatic rings. The standard InChI is InChI=1S/C12H18N2O2/c1-5-9-6-11(15)12(16-4)7-10(9)13-8-14(2)3/h6-8,15H,5H2,1-4H3. The van der Waals surface area contributed by atoms with E-state index >= 15 is 0 Å². The van der Waals surface area contributed by atoms with Crippen LogP contribution in [0.25, 0.3) is 0 Å². The van der Waals surface area contributed by atoms with Crippen LogP contribution in [0.15, 0.2) is 17.1 Å². The minimum absolute atomic E-state index is 0.156. The monoisotopic (exact) mass is 222 g/mol. The van der Waals surface area contributed by atoms with E-state index in [9.17, 15) is 5.11 Å². The van der Waals surface area contributed by atoms with Gasteiger partial charge in [0.05, 0.1) is 19.1 Å². The fourth-order valence-electron chi connectivity index (χ4n) is 1.35. The molecule has 0 atom stereocenters. The van der Waals surface area contributed by atoms with E-state index in [1.165, 1.54) is 7.11 Å². The molecule has 88 valence electrons. The van der Waals surface area contributed by atoms with E-state index in [2.05, 4.69) is 4.99 Å². The number of rotatable bonds is 4. The van der Waals surface area contributed by atoms with Crippen molar-refractivity contribution in [3.63, 3.8) is 0 Å². The summed E-state index contributed by atoms with van der Waals surface area (Å²) in [5, 5.41) is 9.64. The molecule has 0 aliphatic carbocycles. The maximum absolute atomic E-state index is 9.64. The number of aryl methyl sites for hydroxylation is 1. The van der Waals surface area contributed by atoms with Crippen molar-refractivity contribution in [1.29, 1.82) is 0 Å². The Morgan fingerprint density at radius 2 is 2.12 bits per heavy atom. The van der Waals surface area contributed by atoms with E-state index in [0.717, 1.165) is 17.7 Å². The fourth-order valence-corrected chi connectivity index (χ4v) is 1.35. The minimum atomic E-state index is 0.156. The number of ether oxygens (including phenoxy) is 1. The Kier molecular flexibility index (Phi) is 4.17. The molecule has 0 amide bonds. The van der Waals surface area contributed by atoms with Gasteiger partial charge in [-0.2, -0.15) is 0 Å². The fraction of sp³-hybridized carbons (Fsp3) is 0.417. The Morgan fingerprint density at radius 1 is 1.44 bits per heavy atom. The molecule has 0 spiro atoms. The highest BCUT2D eigenvalue weighted by molar-refractivity contribution is 5.65. The average Bonchev–Trinajstić information content (AvgIpc) is 2.26. The quantitative estimate of drug-likeness (QED) is 0.627. The van der Waals surface area contributed by atoms with E-state index in [4.69, 9.17) is 4.74 Å². The van der Waals surface area contributed by atoms with Crippen molar-refractivity contribution >= 4 is 12.0 Å². The van der Waals surface area contributed by atoms with Crippen LogP contribution in [-0.4, -0.2) is 37.6 Å². The van der Waals surface area contributed by atoms with E-state index in [-0.39, 0.29) is 5.75 Å². The van der Waals surface area contributed by atoms with Crippen molar-refractivity contribution in [3.05, 3.63) is 17.7 Å². The van der Waals surface area contributed by atoms with Gasteiger partial charge < -0.3 is 14.7 Å². The number of aromatic hydroxyl groups is 1. The summed E-state index contributed by atoms with van der Waals surface area (Å²) in [6.07, 6.45) is 2.54. The SMILES string of the molecule is CCc1cc(O)c(OC)cc1N=CN(C)C. The van der Waals surface area contributed by atoms with Crippen LogP contribution in [0.4, 0.5) is 5.69 Å². The molecule has 0 saturated heterocycles. The third kappa shape index (κ3) is 2.89. The van der Waals surface area contributed by atoms with E-state index in [0.29, 0.717) is 5.75 Å². The van der Waals surface area contributed by atoms with Gasteiger partial charge in [0, 0.05) is 20.2 Å². The van der Waals surface area contributed by atoms with Crippen LogP contribution in [-0.2, 0) is 6.42 Å². The predicted molar refractivity (Wildman–Crippen MR) is 65.9 cm³/mol. The lowest BCUT2D eigenvalue weighted by molar-refractivity contribution is 0.373. The highest BCUT2D eigenvalue weighted by Gasteiger charge is 2.07. The molecule has 1 aromatic rings. The van der Waals surface area contributed by atoms with Crippen LogP contribution in [0.2, 0.25) is 0 Å². The number of benzene rings is 1. The van der Waals surface area contributed by atoms with Crippen molar-refractivity contribution in [1.82, 2.24) is 4.90 Å². The third-order valence-corrected chi connectivity index (χ3v) is 2.19. The highest BCUT2D eigenvalue weighted by atomic mass is 16.5. The summed E-state index contributed by atoms with van der Waals surface area (Å²) in [6.45, 7) is 2.02. The van der Waals surface area contributed by atoms with Gasteiger partial charge in [0.15, 0.2) is 11.5 Å². The molecule has 4 heteroatoms. The van der Waals surface area contributed by atoms with Crippen LogP contribution in [0.3, 0.4) is 0 Å². The first-order valence-corrected chi connectivity index (χ1v) is 5.19. The van der Waals surface area contributed by atoms with Gasteiger partial charge in [-0.25, -0.2) is 4.99 Å². The summed E-state index contributed by atoms with van der Waals surface area (Å²) < 4.78 is 5.05. The first-order chi connectivity index (χ1) is 7.58. The molecule has 0 fully saturated rings. The number of methoxy groups -OCH3 is 1. The zero-order valence-electron chi connectivity index (χ0n) is 10.2. The number of nitrogens with zero attached hydrogens (tertiary/aromatic N) is 2. The van der Waals surface area contributed by atoms with Crippen LogP contribution in [0.5, 0.6) is 11.5 Å². The Balaban J connectivity index is 3.14. The molecule has 4 nitrogen and oxygen atoms in total. The van der Waals surface area contributed by atoms with Gasteiger partial charge in [-0.05, 0) is 18.1 Å². The third-order valence-electron chi connectivity index (χ3n) is 2.19. The summed E-state index contributed by atoms with van der Waals surface area (Å²) in [5.74, 6) is 0.603. The van der Waals surface area contributed by atoms with E-state index in [1.54, 1.807) is 18.5 Å². The molecule has 0 heterocycles. The summed E-state index contributed by atoms with van der Waals surface area (Å²) in [6, 6.07) is 3.44. The van der Waals surface area contributed by atoms with Crippen molar-refractivity contribution in [2.24, 2.45) is 4.99 Å². The topological polar surface area (TPSA) is 45.1 Å². The van der Waals surface area contributed by atoms with Crippen LogP contribution in [0, 0.1) is 0 Å². The smallest absolute Gasteiger partial charge is 0.162 e. The Morgan fingerprint density at radius 3 is 2.62 bits per heavy atom. The number of hydrogen-bond acceptors (Lipinski definition) is 3. The van der Waals surface area contributed by atoms with Crippen molar-refractivity contribution in [2.45, 2.75) is 13.3 Å². The summed E-state index contributed by atoms with van der Waals surface area (Å²) in [7, 11) is 5.35. The second-order valence-electron chi connectivity index (χ2n) is 3.71. The summed E-state index contributed by atoms with van der Waals surface area (Å²) >= 11 is 0. The number of aliphatic imine (C=N–C) groups is 1. The molecular weight excluding hydrogens is 204 g/mol. The van der Waals surface area contributed by atoms with Crippen LogP contribution in [0.1, 0.15) is 12.5 Å². The molecule has 1 N–H and O–H groups in total. The minimum Gasteiger partial charge on any atom is -0.504 e. The normalized spacial score (nSPS) is 10.8. The molecule has 16 heavy (non-hydrogen) atoms.